The first-order chi connectivity index (χ1) is 18.3. The Morgan fingerprint density at radius 1 is 0.625 bits per heavy atom. The number of para-hydroxylation sites is 1. The Hall–Kier alpha value is -2.69. The minimum Gasteiger partial charge on any atom is -0.507 e. The molecule has 0 fully saturated rings. The molecule has 10 nitrogen and oxygen atoms in total. The van der Waals surface area contributed by atoms with Crippen molar-refractivity contribution in [1.29, 1.82) is 0 Å². The second-order valence-electron chi connectivity index (χ2n) is 13.4. The van der Waals surface area contributed by atoms with Crippen molar-refractivity contribution in [3.05, 3.63) is 29.3 Å². The highest BCUT2D eigenvalue weighted by molar-refractivity contribution is 5.73. The zero-order chi connectivity index (χ0) is 30.3. The average Bonchev–Trinajstić information content (AvgIpc) is 2.73. The molecular weight excluding hydrogens is 514 g/mol. The highest BCUT2D eigenvalue weighted by atomic mass is 16.6. The van der Waals surface area contributed by atoms with Gasteiger partial charge in [-0.3, -0.25) is 29.1 Å². The fourth-order valence-corrected chi connectivity index (χ4v) is 4.31. The molecule has 0 aliphatic carbocycles. The van der Waals surface area contributed by atoms with Crippen LogP contribution in [0, 0.1) is 0 Å². The number of benzene rings is 1. The van der Waals surface area contributed by atoms with Crippen LogP contribution in [0.1, 0.15) is 73.4 Å². The number of rotatable bonds is 6. The number of hydrogen-bond acceptors (Lipinski definition) is 10. The van der Waals surface area contributed by atoms with Gasteiger partial charge in [-0.05, 0) is 62.3 Å². The van der Waals surface area contributed by atoms with Crippen LogP contribution in [0.15, 0.2) is 18.2 Å². The van der Waals surface area contributed by atoms with Gasteiger partial charge in [-0.25, -0.2) is 0 Å². The van der Waals surface area contributed by atoms with Crippen LogP contribution in [0.3, 0.4) is 0 Å². The average molecular weight is 564 g/mol. The van der Waals surface area contributed by atoms with Gasteiger partial charge in [0.2, 0.25) is 0 Å². The van der Waals surface area contributed by atoms with E-state index in [4.69, 9.17) is 14.2 Å². The summed E-state index contributed by atoms with van der Waals surface area (Å²) in [4.78, 5) is 43.9. The normalized spacial score (nSPS) is 16.9. The molecule has 226 valence electrons. The molecule has 40 heavy (non-hydrogen) atoms. The summed E-state index contributed by atoms with van der Waals surface area (Å²) >= 11 is 0. The van der Waals surface area contributed by atoms with Crippen molar-refractivity contribution in [3.63, 3.8) is 0 Å². The van der Waals surface area contributed by atoms with E-state index in [2.05, 4.69) is 0 Å². The van der Waals surface area contributed by atoms with Crippen LogP contribution in [-0.2, 0) is 41.7 Å². The second kappa shape index (κ2) is 13.8. The summed E-state index contributed by atoms with van der Waals surface area (Å²) in [6.07, 6.45) is 0. The van der Waals surface area contributed by atoms with E-state index >= 15 is 0 Å². The molecule has 10 heteroatoms. The predicted molar refractivity (Wildman–Crippen MR) is 153 cm³/mol. The summed E-state index contributed by atoms with van der Waals surface area (Å²) in [6, 6.07) is 5.51. The fraction of sp³-hybridized carbons (Fsp3) is 0.700. The van der Waals surface area contributed by atoms with Crippen LogP contribution in [0.4, 0.5) is 0 Å². The molecule has 1 heterocycles. The minimum atomic E-state index is -0.619. The van der Waals surface area contributed by atoms with E-state index in [9.17, 15) is 19.5 Å². The summed E-state index contributed by atoms with van der Waals surface area (Å²) in [5.74, 6) is -0.938. The standard InChI is InChI=1S/C30H49N3O7/c1-28(2,3)38-24(34)19-31-13-15-32(20-25(35)39-29(4,5)6)17-22-11-10-12-23(27(22)37)18-33(16-14-31)21-26(36)40-30(7,8)9/h10-12,37H,13-21H2,1-9H3. The molecule has 0 saturated carbocycles. The van der Waals surface area contributed by atoms with Crippen LogP contribution in [0.25, 0.3) is 0 Å². The summed E-state index contributed by atoms with van der Waals surface area (Å²) in [7, 11) is 0. The van der Waals surface area contributed by atoms with E-state index in [0.717, 1.165) is 0 Å². The smallest absolute Gasteiger partial charge is 0.320 e. The summed E-state index contributed by atoms with van der Waals surface area (Å²) in [6.45, 7) is 19.0. The maximum absolute atomic E-state index is 12.7. The van der Waals surface area contributed by atoms with Crippen molar-refractivity contribution < 1.29 is 33.7 Å². The lowest BCUT2D eigenvalue weighted by Gasteiger charge is -2.32. The second-order valence-corrected chi connectivity index (χ2v) is 13.4. The lowest BCUT2D eigenvalue weighted by atomic mass is 10.1. The molecule has 0 amide bonds. The molecule has 0 aromatic heterocycles. The molecule has 0 spiro atoms. The van der Waals surface area contributed by atoms with Crippen molar-refractivity contribution in [2.45, 2.75) is 92.2 Å². The molecular formula is C30H49N3O7. The van der Waals surface area contributed by atoms with Crippen molar-refractivity contribution in [1.82, 2.24) is 14.7 Å². The number of aromatic hydroxyl groups is 1. The number of phenolic OH excluding ortho intramolecular Hbond substituents is 1. The quantitative estimate of drug-likeness (QED) is 0.409. The lowest BCUT2D eigenvalue weighted by Crippen LogP contribution is -2.45. The first kappa shape index (κ1) is 33.5. The van der Waals surface area contributed by atoms with E-state index < -0.39 is 16.8 Å². The fourth-order valence-electron chi connectivity index (χ4n) is 4.31. The molecule has 1 aliphatic heterocycles. The number of carbonyl (C=O) groups is 3. The molecule has 0 atom stereocenters. The van der Waals surface area contributed by atoms with Gasteiger partial charge in [0.05, 0.1) is 19.6 Å². The molecule has 1 aromatic carbocycles. The molecule has 1 aromatic rings. The number of phenols is 1. The lowest BCUT2D eigenvalue weighted by molar-refractivity contribution is -0.158. The van der Waals surface area contributed by atoms with Crippen molar-refractivity contribution in [2.75, 3.05) is 45.8 Å². The third-order valence-electron chi connectivity index (χ3n) is 5.77. The van der Waals surface area contributed by atoms with Gasteiger partial charge >= 0.3 is 17.9 Å². The highest BCUT2D eigenvalue weighted by Gasteiger charge is 2.26. The van der Waals surface area contributed by atoms with Crippen LogP contribution in [0.5, 0.6) is 5.75 Å². The Morgan fingerprint density at radius 2 is 0.925 bits per heavy atom. The largest absolute Gasteiger partial charge is 0.507 e. The molecule has 2 rings (SSSR count). The predicted octanol–water partition coefficient (Wildman–Crippen LogP) is 3.34. The molecule has 1 aliphatic rings. The van der Waals surface area contributed by atoms with Gasteiger partial charge in [0.25, 0.3) is 0 Å². The Kier molecular flexibility index (Phi) is 11.5. The molecule has 2 bridgehead atoms. The van der Waals surface area contributed by atoms with E-state index in [1.54, 1.807) is 0 Å². The van der Waals surface area contributed by atoms with Crippen LogP contribution >= 0.6 is 0 Å². The Balaban J connectivity index is 2.35. The van der Waals surface area contributed by atoms with E-state index in [1.807, 2.05) is 95.2 Å². The number of fused-ring (bicyclic) bond motifs is 2. The molecule has 1 N–H and O–H groups in total. The Morgan fingerprint density at radius 3 is 1.25 bits per heavy atom. The van der Waals surface area contributed by atoms with Crippen molar-refractivity contribution in [2.24, 2.45) is 0 Å². The van der Waals surface area contributed by atoms with Gasteiger partial charge in [0.1, 0.15) is 22.6 Å². The third kappa shape index (κ3) is 13.1. The van der Waals surface area contributed by atoms with E-state index in [0.29, 0.717) is 50.4 Å². The van der Waals surface area contributed by atoms with Crippen molar-refractivity contribution in [3.8, 4) is 5.75 Å². The Labute approximate surface area is 239 Å². The van der Waals surface area contributed by atoms with Gasteiger partial charge < -0.3 is 19.3 Å². The van der Waals surface area contributed by atoms with Gasteiger partial charge in [0, 0.05) is 50.4 Å². The van der Waals surface area contributed by atoms with Gasteiger partial charge in [-0.15, -0.1) is 0 Å². The van der Waals surface area contributed by atoms with Crippen LogP contribution in [0.2, 0.25) is 0 Å². The van der Waals surface area contributed by atoms with Crippen LogP contribution in [-0.4, -0.2) is 100 Å². The summed E-state index contributed by atoms with van der Waals surface area (Å²) in [5, 5.41) is 11.1. The summed E-state index contributed by atoms with van der Waals surface area (Å²) < 4.78 is 16.7. The van der Waals surface area contributed by atoms with Crippen LogP contribution < -0.4 is 0 Å². The third-order valence-corrected chi connectivity index (χ3v) is 5.77. The minimum absolute atomic E-state index is 0.0337. The maximum Gasteiger partial charge on any atom is 0.320 e. The monoisotopic (exact) mass is 563 g/mol. The number of ether oxygens (including phenoxy) is 3. The van der Waals surface area contributed by atoms with Gasteiger partial charge in [-0.2, -0.15) is 0 Å². The van der Waals surface area contributed by atoms with Crippen molar-refractivity contribution >= 4 is 17.9 Å². The van der Waals surface area contributed by atoms with Gasteiger partial charge in [0.15, 0.2) is 0 Å². The topological polar surface area (TPSA) is 109 Å². The number of hydrogen-bond donors (Lipinski definition) is 1. The maximum atomic E-state index is 12.7. The van der Waals surface area contributed by atoms with E-state index in [1.165, 1.54) is 0 Å². The number of nitrogens with zero attached hydrogens (tertiary/aromatic N) is 3. The Bertz CT molecular complexity index is 959. The van der Waals surface area contributed by atoms with Gasteiger partial charge in [-0.1, -0.05) is 18.2 Å². The highest BCUT2D eigenvalue weighted by Crippen LogP contribution is 2.26. The molecule has 0 unspecified atom stereocenters. The summed E-state index contributed by atoms with van der Waals surface area (Å²) in [5.41, 5.74) is -0.525. The first-order valence-electron chi connectivity index (χ1n) is 13.9. The SMILES string of the molecule is CC(C)(C)OC(=O)CN1CCN(CC(=O)OC(C)(C)C)Cc2cccc(c2O)CN(CC(=O)OC(C)(C)C)CC1. The zero-order valence-corrected chi connectivity index (χ0v) is 25.8. The molecule has 0 radical (unpaired) electrons. The number of esters is 3. The zero-order valence-electron chi connectivity index (χ0n) is 25.8. The number of carbonyl (C=O) groups excluding carboxylic acids is 3. The van der Waals surface area contributed by atoms with E-state index in [-0.39, 0.29) is 43.3 Å². The molecule has 0 saturated heterocycles. The first-order valence-corrected chi connectivity index (χ1v) is 13.9.